The fraction of sp³-hybridized carbons (Fsp3) is 0.760. The Hall–Kier alpha value is -1.85. The Bertz CT molecular complexity index is 906. The van der Waals surface area contributed by atoms with E-state index < -0.39 is 36.1 Å². The zero-order chi connectivity index (χ0) is 26.7. The predicted octanol–water partition coefficient (Wildman–Crippen LogP) is 3.55. The molecule has 0 aliphatic carbocycles. The summed E-state index contributed by atoms with van der Waals surface area (Å²) in [5.41, 5.74) is -0.626. The largest absolute Gasteiger partial charge is 0.498 e. The van der Waals surface area contributed by atoms with E-state index >= 15 is 0 Å². The molecular weight excluding hydrogens is 479 g/mol. The molecule has 2 atom stereocenters. The highest BCUT2D eigenvalue weighted by atomic mass is 32.2. The quantitative estimate of drug-likeness (QED) is 0.331. The third-order valence-corrected chi connectivity index (χ3v) is 7.78. The molecular formula is C25H41BN4O5S. The molecule has 1 aromatic rings. The molecule has 0 radical (unpaired) electrons. The van der Waals surface area contributed by atoms with E-state index in [0.717, 1.165) is 36.9 Å². The lowest BCUT2D eigenvalue weighted by Crippen LogP contribution is -2.53. The fourth-order valence-corrected chi connectivity index (χ4v) is 5.00. The van der Waals surface area contributed by atoms with Gasteiger partial charge in [0.05, 0.1) is 11.2 Å². The zero-order valence-corrected chi connectivity index (χ0v) is 23.7. The number of nitrogens with one attached hydrogen (secondary N) is 1. The van der Waals surface area contributed by atoms with Crippen LogP contribution in [0.25, 0.3) is 0 Å². The molecule has 2 aliphatic heterocycles. The molecule has 3 rings (SSSR count). The van der Waals surface area contributed by atoms with Crippen LogP contribution in [0.3, 0.4) is 0 Å². The Labute approximate surface area is 220 Å². The monoisotopic (exact) mass is 520 g/mol. The van der Waals surface area contributed by atoms with Gasteiger partial charge in [0.15, 0.2) is 5.16 Å². The van der Waals surface area contributed by atoms with Gasteiger partial charge in [-0.05, 0) is 81.1 Å². The van der Waals surface area contributed by atoms with E-state index in [-0.39, 0.29) is 11.9 Å². The highest BCUT2D eigenvalue weighted by molar-refractivity contribution is 7.99. The van der Waals surface area contributed by atoms with E-state index in [1.165, 1.54) is 0 Å². The third kappa shape index (κ3) is 7.35. The minimum absolute atomic E-state index is 0.0708. The van der Waals surface area contributed by atoms with Gasteiger partial charge < -0.3 is 24.3 Å². The van der Waals surface area contributed by atoms with Crippen LogP contribution in [0.15, 0.2) is 17.6 Å². The van der Waals surface area contributed by atoms with E-state index in [4.69, 9.17) is 14.0 Å². The SMILES string of the molecule is C[C@@H](NC(=O)OC(C)(C)C)C(=O)N1CCCC[C@H]1CCSc1ncc(B2OC(C)(C)C(C)(C)O2)cn1. The van der Waals surface area contributed by atoms with Crippen LogP contribution in [0.4, 0.5) is 4.79 Å². The smallest absolute Gasteiger partial charge is 0.444 e. The first-order chi connectivity index (χ1) is 16.7. The minimum Gasteiger partial charge on any atom is -0.444 e. The maximum atomic E-state index is 13.1. The fourth-order valence-electron chi connectivity index (χ4n) is 4.17. The number of piperidine rings is 1. The topological polar surface area (TPSA) is 103 Å². The van der Waals surface area contributed by atoms with Crippen molar-refractivity contribution in [3.05, 3.63) is 12.4 Å². The van der Waals surface area contributed by atoms with E-state index in [9.17, 15) is 9.59 Å². The van der Waals surface area contributed by atoms with Crippen molar-refractivity contribution in [3.63, 3.8) is 0 Å². The zero-order valence-electron chi connectivity index (χ0n) is 22.9. The number of carbonyl (C=O) groups is 2. The summed E-state index contributed by atoms with van der Waals surface area (Å²) in [6.07, 6.45) is 6.79. The summed E-state index contributed by atoms with van der Waals surface area (Å²) < 4.78 is 17.4. The predicted molar refractivity (Wildman–Crippen MR) is 141 cm³/mol. The molecule has 36 heavy (non-hydrogen) atoms. The van der Waals surface area contributed by atoms with Crippen molar-refractivity contribution in [2.45, 2.75) is 115 Å². The molecule has 0 unspecified atom stereocenters. The van der Waals surface area contributed by atoms with Gasteiger partial charge in [-0.1, -0.05) is 11.8 Å². The summed E-state index contributed by atoms with van der Waals surface area (Å²) in [4.78, 5) is 36.1. The van der Waals surface area contributed by atoms with Crippen LogP contribution in [-0.2, 0) is 18.8 Å². The highest BCUT2D eigenvalue weighted by Gasteiger charge is 2.52. The summed E-state index contributed by atoms with van der Waals surface area (Å²) in [5, 5.41) is 3.36. The average molecular weight is 521 g/mol. The summed E-state index contributed by atoms with van der Waals surface area (Å²) in [6, 6.07) is -0.510. The molecule has 0 spiro atoms. The lowest BCUT2D eigenvalue weighted by atomic mass is 9.81. The maximum absolute atomic E-state index is 13.1. The Morgan fingerprint density at radius 2 is 1.81 bits per heavy atom. The highest BCUT2D eigenvalue weighted by Crippen LogP contribution is 2.36. The number of alkyl carbamates (subject to hydrolysis) is 1. The molecule has 1 N–H and O–H groups in total. The molecule has 11 heteroatoms. The molecule has 9 nitrogen and oxygen atoms in total. The normalized spacial score (nSPS) is 22.3. The van der Waals surface area contributed by atoms with Crippen molar-refractivity contribution in [1.29, 1.82) is 0 Å². The molecule has 0 saturated carbocycles. The molecule has 2 saturated heterocycles. The van der Waals surface area contributed by atoms with Crippen molar-refractivity contribution >= 4 is 36.3 Å². The van der Waals surface area contributed by atoms with Gasteiger partial charge >= 0.3 is 13.2 Å². The van der Waals surface area contributed by atoms with E-state index in [1.807, 2.05) is 32.6 Å². The van der Waals surface area contributed by atoms with E-state index in [2.05, 4.69) is 15.3 Å². The van der Waals surface area contributed by atoms with E-state index in [1.54, 1.807) is 51.9 Å². The first-order valence-electron chi connectivity index (χ1n) is 12.8. The second-order valence-electron chi connectivity index (χ2n) is 11.6. The second kappa shape index (κ2) is 11.3. The minimum atomic E-state index is -0.640. The number of aromatic nitrogens is 2. The maximum Gasteiger partial charge on any atom is 0.498 e. The van der Waals surface area contributed by atoms with Gasteiger partial charge in [0.25, 0.3) is 0 Å². The second-order valence-corrected chi connectivity index (χ2v) is 12.6. The van der Waals surface area contributed by atoms with Crippen molar-refractivity contribution in [2.75, 3.05) is 12.3 Å². The van der Waals surface area contributed by atoms with Crippen LogP contribution in [-0.4, -0.2) is 75.2 Å². The van der Waals surface area contributed by atoms with Gasteiger partial charge in [0.2, 0.25) is 5.91 Å². The Morgan fingerprint density at radius 1 is 1.19 bits per heavy atom. The van der Waals surface area contributed by atoms with Gasteiger partial charge in [-0.3, -0.25) is 4.79 Å². The first-order valence-corrected chi connectivity index (χ1v) is 13.8. The lowest BCUT2D eigenvalue weighted by Gasteiger charge is -2.37. The van der Waals surface area contributed by atoms with Crippen molar-refractivity contribution in [3.8, 4) is 0 Å². The molecule has 1 aromatic heterocycles. The van der Waals surface area contributed by atoms with Crippen LogP contribution in [0, 0.1) is 0 Å². The lowest BCUT2D eigenvalue weighted by molar-refractivity contribution is -0.136. The van der Waals surface area contributed by atoms with Gasteiger partial charge in [-0.25, -0.2) is 14.8 Å². The summed E-state index contributed by atoms with van der Waals surface area (Å²) in [6.45, 7) is 15.9. The molecule has 0 aromatic carbocycles. The number of hydrogen-bond acceptors (Lipinski definition) is 8. The van der Waals surface area contributed by atoms with Gasteiger partial charge in [-0.2, -0.15) is 0 Å². The van der Waals surface area contributed by atoms with Crippen molar-refractivity contribution < 1.29 is 23.6 Å². The Morgan fingerprint density at radius 3 is 2.39 bits per heavy atom. The average Bonchev–Trinajstić information content (AvgIpc) is 2.99. The number of ether oxygens (including phenoxy) is 1. The number of likely N-dealkylation sites (tertiary alicyclic amines) is 1. The number of amides is 2. The Balaban J connectivity index is 1.50. The molecule has 2 amide bonds. The summed E-state index contributed by atoms with van der Waals surface area (Å²) in [7, 11) is -0.480. The van der Waals surface area contributed by atoms with Crippen LogP contribution in [0.1, 0.15) is 81.1 Å². The number of hydrogen-bond donors (Lipinski definition) is 1. The van der Waals surface area contributed by atoms with Crippen LogP contribution in [0.5, 0.6) is 0 Å². The molecule has 0 bridgehead atoms. The van der Waals surface area contributed by atoms with Crippen molar-refractivity contribution in [2.24, 2.45) is 0 Å². The number of thioether (sulfide) groups is 1. The molecule has 200 valence electrons. The van der Waals surface area contributed by atoms with Gasteiger partial charge in [-0.15, -0.1) is 0 Å². The Kier molecular flexibility index (Phi) is 8.99. The van der Waals surface area contributed by atoms with Crippen LogP contribution >= 0.6 is 11.8 Å². The standard InChI is InChI=1S/C25H41BN4O5S/c1-17(29-22(32)33-23(2,3)4)20(31)30-13-10-9-11-19(30)12-14-36-21-27-15-18(16-28-21)26-34-24(5,6)25(7,8)35-26/h15-17,19H,9-14H2,1-8H3,(H,29,32)/t17-,19+/m1/s1. The first kappa shape index (κ1) is 28.7. The number of nitrogens with zero attached hydrogens (tertiary/aromatic N) is 3. The van der Waals surface area contributed by atoms with Crippen LogP contribution in [0.2, 0.25) is 0 Å². The van der Waals surface area contributed by atoms with E-state index in [0.29, 0.717) is 11.7 Å². The molecule has 3 heterocycles. The molecule has 2 fully saturated rings. The summed E-state index contributed by atoms with van der Waals surface area (Å²) >= 11 is 1.57. The van der Waals surface area contributed by atoms with Crippen molar-refractivity contribution in [1.82, 2.24) is 20.2 Å². The number of rotatable bonds is 7. The number of carbonyl (C=O) groups excluding carboxylic acids is 2. The summed E-state index contributed by atoms with van der Waals surface area (Å²) in [5.74, 6) is 0.719. The van der Waals surface area contributed by atoms with Gasteiger partial charge in [0, 0.05) is 36.2 Å². The van der Waals surface area contributed by atoms with Crippen LogP contribution < -0.4 is 10.8 Å². The third-order valence-electron chi connectivity index (χ3n) is 6.87. The molecule has 2 aliphatic rings. The van der Waals surface area contributed by atoms with Gasteiger partial charge in [0.1, 0.15) is 11.6 Å².